The summed E-state index contributed by atoms with van der Waals surface area (Å²) in [5.74, 6) is 0. The molecule has 0 saturated heterocycles. The number of imidazole rings is 1. The summed E-state index contributed by atoms with van der Waals surface area (Å²) in [6.45, 7) is 1.93. The molecule has 0 saturated carbocycles. The molecule has 0 amide bonds. The second-order valence-electron chi connectivity index (χ2n) is 4.98. The Morgan fingerprint density at radius 1 is 0.952 bits per heavy atom. The highest BCUT2D eigenvalue weighted by molar-refractivity contribution is 5.46. The summed E-state index contributed by atoms with van der Waals surface area (Å²) < 4.78 is 1.88. The van der Waals surface area contributed by atoms with Crippen molar-refractivity contribution in [1.29, 1.82) is 5.26 Å². The molecule has 0 atom stereocenters. The summed E-state index contributed by atoms with van der Waals surface area (Å²) in [6, 6.07) is 22.1. The second-order valence-corrected chi connectivity index (χ2v) is 4.98. The van der Waals surface area contributed by atoms with E-state index in [1.807, 2.05) is 78.4 Å². The molecule has 0 spiro atoms. The van der Waals surface area contributed by atoms with Gasteiger partial charge in [-0.1, -0.05) is 60.7 Å². The smallest absolute Gasteiger partial charge is 0.183 e. The molecule has 0 N–H and O–H groups in total. The maximum Gasteiger partial charge on any atom is 0.183 e. The monoisotopic (exact) mass is 273 g/mol. The molecule has 0 aliphatic carbocycles. The van der Waals surface area contributed by atoms with Crippen molar-refractivity contribution in [1.82, 2.24) is 9.55 Å². The lowest BCUT2D eigenvalue weighted by atomic mass is 9.84. The highest BCUT2D eigenvalue weighted by Crippen LogP contribution is 2.33. The molecule has 0 aliphatic rings. The lowest BCUT2D eigenvalue weighted by molar-refractivity contribution is 0.547. The van der Waals surface area contributed by atoms with Crippen LogP contribution in [0.5, 0.6) is 0 Å². The largest absolute Gasteiger partial charge is 0.310 e. The van der Waals surface area contributed by atoms with E-state index in [9.17, 15) is 5.26 Å². The first-order valence-electron chi connectivity index (χ1n) is 6.81. The van der Waals surface area contributed by atoms with Crippen molar-refractivity contribution in [2.75, 3.05) is 0 Å². The van der Waals surface area contributed by atoms with Gasteiger partial charge in [-0.2, -0.15) is 5.26 Å². The van der Waals surface area contributed by atoms with E-state index in [2.05, 4.69) is 11.1 Å². The van der Waals surface area contributed by atoms with Gasteiger partial charge in [0.1, 0.15) is 6.07 Å². The van der Waals surface area contributed by atoms with Crippen molar-refractivity contribution < 1.29 is 0 Å². The minimum Gasteiger partial charge on any atom is -0.310 e. The SMILES string of the molecule is Cc1cn(C(C#N)(c2ccccc2)c2ccccc2)cn1. The summed E-state index contributed by atoms with van der Waals surface area (Å²) in [7, 11) is 0. The molecule has 3 aromatic rings. The number of nitriles is 1. The zero-order valence-corrected chi connectivity index (χ0v) is 11.8. The number of hydrogen-bond donors (Lipinski definition) is 0. The van der Waals surface area contributed by atoms with Gasteiger partial charge in [0.05, 0.1) is 12.0 Å². The van der Waals surface area contributed by atoms with Gasteiger partial charge >= 0.3 is 0 Å². The van der Waals surface area contributed by atoms with Crippen LogP contribution < -0.4 is 0 Å². The third-order valence-corrected chi connectivity index (χ3v) is 3.64. The van der Waals surface area contributed by atoms with Crippen LogP contribution in [0.25, 0.3) is 0 Å². The van der Waals surface area contributed by atoms with Gasteiger partial charge in [0.25, 0.3) is 0 Å². The number of rotatable bonds is 3. The predicted molar refractivity (Wildman–Crippen MR) is 81.6 cm³/mol. The summed E-state index contributed by atoms with van der Waals surface area (Å²) in [4.78, 5) is 4.29. The Balaban J connectivity index is 2.32. The Kier molecular flexibility index (Phi) is 3.29. The summed E-state index contributed by atoms with van der Waals surface area (Å²) >= 11 is 0. The van der Waals surface area contributed by atoms with Crippen LogP contribution in [0.4, 0.5) is 0 Å². The predicted octanol–water partition coefficient (Wildman–Crippen LogP) is 3.51. The van der Waals surface area contributed by atoms with E-state index in [1.165, 1.54) is 0 Å². The summed E-state index contributed by atoms with van der Waals surface area (Å²) in [5, 5.41) is 10.0. The van der Waals surface area contributed by atoms with Gasteiger partial charge in [-0.25, -0.2) is 4.98 Å². The molecule has 0 unspecified atom stereocenters. The average Bonchev–Trinajstić information content (AvgIpc) is 2.98. The molecule has 102 valence electrons. The van der Waals surface area contributed by atoms with Crippen LogP contribution in [0.2, 0.25) is 0 Å². The minimum absolute atomic E-state index is 0.890. The molecular formula is C18H15N3. The molecule has 21 heavy (non-hydrogen) atoms. The fraction of sp³-hybridized carbons (Fsp3) is 0.111. The summed E-state index contributed by atoms with van der Waals surface area (Å²) in [5.41, 5.74) is 1.85. The van der Waals surface area contributed by atoms with Crippen LogP contribution in [0.1, 0.15) is 16.8 Å². The normalized spacial score (nSPS) is 11.0. The van der Waals surface area contributed by atoms with Crippen molar-refractivity contribution in [2.45, 2.75) is 12.5 Å². The van der Waals surface area contributed by atoms with Crippen molar-refractivity contribution >= 4 is 0 Å². The Bertz CT molecular complexity index is 727. The maximum absolute atomic E-state index is 10.0. The molecule has 2 aromatic carbocycles. The van der Waals surface area contributed by atoms with Gasteiger partial charge in [0.2, 0.25) is 0 Å². The van der Waals surface area contributed by atoms with Gasteiger partial charge in [0, 0.05) is 6.20 Å². The van der Waals surface area contributed by atoms with Crippen molar-refractivity contribution in [3.05, 3.63) is 90.0 Å². The fourth-order valence-electron chi connectivity index (χ4n) is 2.62. The minimum atomic E-state index is -0.899. The Labute approximate surface area is 124 Å². The molecule has 3 heteroatoms. The number of aromatic nitrogens is 2. The molecule has 0 bridgehead atoms. The third-order valence-electron chi connectivity index (χ3n) is 3.64. The Morgan fingerprint density at radius 2 is 1.48 bits per heavy atom. The lowest BCUT2D eigenvalue weighted by Gasteiger charge is -2.29. The number of aryl methyl sites for hydroxylation is 1. The van der Waals surface area contributed by atoms with Gasteiger partial charge in [-0.05, 0) is 18.1 Å². The van der Waals surface area contributed by atoms with Gasteiger partial charge < -0.3 is 4.57 Å². The van der Waals surface area contributed by atoms with E-state index < -0.39 is 5.54 Å². The van der Waals surface area contributed by atoms with Crippen LogP contribution in [0.15, 0.2) is 73.2 Å². The first kappa shape index (κ1) is 13.1. The topological polar surface area (TPSA) is 41.6 Å². The molecule has 0 fully saturated rings. The van der Waals surface area contributed by atoms with E-state index in [0.29, 0.717) is 0 Å². The lowest BCUT2D eigenvalue weighted by Crippen LogP contribution is -2.33. The van der Waals surface area contributed by atoms with E-state index in [0.717, 1.165) is 16.8 Å². The third kappa shape index (κ3) is 2.11. The van der Waals surface area contributed by atoms with E-state index in [1.54, 1.807) is 6.33 Å². The molecule has 0 radical (unpaired) electrons. The Hall–Kier alpha value is -2.86. The van der Waals surface area contributed by atoms with Gasteiger partial charge in [0.15, 0.2) is 5.54 Å². The number of hydrogen-bond acceptors (Lipinski definition) is 2. The Morgan fingerprint density at radius 3 is 1.86 bits per heavy atom. The van der Waals surface area contributed by atoms with Crippen molar-refractivity contribution in [3.63, 3.8) is 0 Å². The molecule has 3 nitrogen and oxygen atoms in total. The molecule has 1 heterocycles. The fourth-order valence-corrected chi connectivity index (χ4v) is 2.62. The zero-order valence-electron chi connectivity index (χ0n) is 11.8. The van der Waals surface area contributed by atoms with Gasteiger partial charge in [-0.15, -0.1) is 0 Å². The van der Waals surface area contributed by atoms with Crippen molar-refractivity contribution in [2.24, 2.45) is 0 Å². The molecule has 1 aromatic heterocycles. The number of nitrogens with zero attached hydrogens (tertiary/aromatic N) is 3. The standard InChI is InChI=1S/C18H15N3/c1-15-12-21(14-20-15)18(13-19,16-8-4-2-5-9-16)17-10-6-3-7-11-17/h2-12,14H,1H3. The van der Waals surface area contributed by atoms with Gasteiger partial charge in [-0.3, -0.25) is 0 Å². The van der Waals surface area contributed by atoms with E-state index in [4.69, 9.17) is 0 Å². The molecular weight excluding hydrogens is 258 g/mol. The van der Waals surface area contributed by atoms with Crippen LogP contribution in [-0.2, 0) is 5.54 Å². The second kappa shape index (κ2) is 5.26. The first-order chi connectivity index (χ1) is 10.3. The highest BCUT2D eigenvalue weighted by Gasteiger charge is 2.36. The van der Waals surface area contributed by atoms with E-state index >= 15 is 0 Å². The van der Waals surface area contributed by atoms with Crippen molar-refractivity contribution in [3.8, 4) is 6.07 Å². The molecule has 3 rings (SSSR count). The van der Waals surface area contributed by atoms with Crippen LogP contribution >= 0.6 is 0 Å². The quantitative estimate of drug-likeness (QED) is 0.732. The van der Waals surface area contributed by atoms with Crippen LogP contribution in [-0.4, -0.2) is 9.55 Å². The zero-order chi connectivity index (χ0) is 14.7. The maximum atomic E-state index is 10.0. The molecule has 0 aliphatic heterocycles. The first-order valence-corrected chi connectivity index (χ1v) is 6.81. The number of benzene rings is 2. The van der Waals surface area contributed by atoms with Crippen LogP contribution in [0.3, 0.4) is 0 Å². The summed E-state index contributed by atoms with van der Waals surface area (Å²) in [6.07, 6.45) is 3.63. The highest BCUT2D eigenvalue weighted by atomic mass is 15.1. The van der Waals surface area contributed by atoms with Crippen LogP contribution in [0, 0.1) is 18.3 Å². The van der Waals surface area contributed by atoms with E-state index in [-0.39, 0.29) is 0 Å². The average molecular weight is 273 g/mol.